The molecule has 0 spiro atoms. The topological polar surface area (TPSA) is 66.6 Å². The summed E-state index contributed by atoms with van der Waals surface area (Å²) in [5.74, 6) is 0.701. The Hall–Kier alpha value is -1.10. The summed E-state index contributed by atoms with van der Waals surface area (Å²) < 4.78 is 0. The second kappa shape index (κ2) is 7.48. The first-order chi connectivity index (χ1) is 8.93. The molecule has 2 amide bonds. The normalized spacial score (nSPS) is 17.7. The van der Waals surface area contributed by atoms with Crippen LogP contribution in [0, 0.1) is 5.92 Å². The molecule has 0 radical (unpaired) electrons. The van der Waals surface area contributed by atoms with E-state index in [-0.39, 0.29) is 17.9 Å². The minimum absolute atomic E-state index is 0.0481. The van der Waals surface area contributed by atoms with Crippen LogP contribution in [0.2, 0.25) is 0 Å². The Bertz CT molecular complexity index is 310. The molecule has 1 aliphatic rings. The van der Waals surface area contributed by atoms with E-state index >= 15 is 0 Å². The molecule has 0 aliphatic carbocycles. The summed E-state index contributed by atoms with van der Waals surface area (Å²) in [6, 6.07) is -0.0481. The van der Waals surface area contributed by atoms with Gasteiger partial charge in [-0.15, -0.1) is 0 Å². The van der Waals surface area contributed by atoms with E-state index in [0.717, 1.165) is 6.42 Å². The molecule has 1 aliphatic heterocycles. The highest BCUT2D eigenvalue weighted by molar-refractivity contribution is 5.78. The number of hydrogen-bond donors (Lipinski definition) is 1. The largest absolute Gasteiger partial charge is 0.339 e. The Morgan fingerprint density at radius 1 is 1.00 bits per heavy atom. The molecule has 0 bridgehead atoms. The molecular weight excluding hydrogens is 242 g/mol. The maximum atomic E-state index is 12.0. The smallest absolute Gasteiger partial charge is 0.224 e. The standard InChI is InChI=1S/C14H27N3O2/c1-4-12(15)10-14(19)17-7-5-16(6-8-17)13(18)9-11(2)3/h11-12H,4-10,15H2,1-3H3. The van der Waals surface area contributed by atoms with Crippen molar-refractivity contribution in [3.05, 3.63) is 0 Å². The van der Waals surface area contributed by atoms with Crippen LogP contribution in [0.4, 0.5) is 0 Å². The molecule has 19 heavy (non-hydrogen) atoms. The first-order valence-corrected chi connectivity index (χ1v) is 7.25. The van der Waals surface area contributed by atoms with Gasteiger partial charge in [-0.1, -0.05) is 20.8 Å². The second-order valence-electron chi connectivity index (χ2n) is 5.73. The van der Waals surface area contributed by atoms with Crippen LogP contribution < -0.4 is 5.73 Å². The fourth-order valence-corrected chi connectivity index (χ4v) is 2.18. The van der Waals surface area contributed by atoms with Crippen LogP contribution in [-0.2, 0) is 9.59 Å². The van der Waals surface area contributed by atoms with E-state index in [1.54, 1.807) is 0 Å². The van der Waals surface area contributed by atoms with Crippen molar-refractivity contribution in [2.45, 2.75) is 46.1 Å². The summed E-state index contributed by atoms with van der Waals surface area (Å²) in [5.41, 5.74) is 5.80. The molecule has 0 aromatic heterocycles. The van der Waals surface area contributed by atoms with Gasteiger partial charge in [0.1, 0.15) is 0 Å². The number of hydrogen-bond acceptors (Lipinski definition) is 3. The van der Waals surface area contributed by atoms with Crippen molar-refractivity contribution >= 4 is 11.8 Å². The van der Waals surface area contributed by atoms with Crippen LogP contribution in [0.15, 0.2) is 0 Å². The van der Waals surface area contributed by atoms with Crippen LogP contribution in [0.5, 0.6) is 0 Å². The Morgan fingerprint density at radius 3 is 1.79 bits per heavy atom. The van der Waals surface area contributed by atoms with Gasteiger partial charge in [-0.25, -0.2) is 0 Å². The second-order valence-corrected chi connectivity index (χ2v) is 5.73. The van der Waals surface area contributed by atoms with Crippen molar-refractivity contribution in [2.75, 3.05) is 26.2 Å². The van der Waals surface area contributed by atoms with E-state index in [1.807, 2.05) is 30.6 Å². The van der Waals surface area contributed by atoms with E-state index in [4.69, 9.17) is 5.73 Å². The molecule has 5 nitrogen and oxygen atoms in total. The van der Waals surface area contributed by atoms with E-state index in [1.165, 1.54) is 0 Å². The average Bonchev–Trinajstić information content (AvgIpc) is 2.37. The fourth-order valence-electron chi connectivity index (χ4n) is 2.18. The van der Waals surface area contributed by atoms with E-state index in [9.17, 15) is 9.59 Å². The number of rotatable bonds is 5. The summed E-state index contributed by atoms with van der Waals surface area (Å²) in [5, 5.41) is 0. The minimum atomic E-state index is -0.0481. The highest BCUT2D eigenvalue weighted by atomic mass is 16.2. The third-order valence-electron chi connectivity index (χ3n) is 3.53. The fraction of sp³-hybridized carbons (Fsp3) is 0.857. The molecular formula is C14H27N3O2. The predicted octanol–water partition coefficient (Wildman–Crippen LogP) is 0.831. The maximum Gasteiger partial charge on any atom is 0.224 e. The van der Waals surface area contributed by atoms with Gasteiger partial charge in [0.25, 0.3) is 0 Å². The van der Waals surface area contributed by atoms with Crippen LogP contribution in [-0.4, -0.2) is 53.8 Å². The average molecular weight is 269 g/mol. The molecule has 1 saturated heterocycles. The Labute approximate surface area is 116 Å². The molecule has 2 N–H and O–H groups in total. The molecule has 0 aromatic rings. The zero-order valence-electron chi connectivity index (χ0n) is 12.4. The number of nitrogens with zero attached hydrogens (tertiary/aromatic N) is 2. The zero-order valence-corrected chi connectivity index (χ0v) is 12.4. The molecule has 1 unspecified atom stereocenters. The van der Waals surface area contributed by atoms with Crippen molar-refractivity contribution in [3.63, 3.8) is 0 Å². The predicted molar refractivity (Wildman–Crippen MR) is 75.5 cm³/mol. The maximum absolute atomic E-state index is 12.0. The molecule has 1 fully saturated rings. The number of carbonyl (C=O) groups is 2. The van der Waals surface area contributed by atoms with Gasteiger partial charge >= 0.3 is 0 Å². The molecule has 110 valence electrons. The number of piperazine rings is 1. The molecule has 1 heterocycles. The van der Waals surface area contributed by atoms with Gasteiger partial charge in [-0.05, 0) is 12.3 Å². The summed E-state index contributed by atoms with van der Waals surface area (Å²) in [6.07, 6.45) is 1.82. The highest BCUT2D eigenvalue weighted by Crippen LogP contribution is 2.09. The number of nitrogens with two attached hydrogens (primary N) is 1. The first kappa shape index (κ1) is 16.0. The molecule has 0 aromatic carbocycles. The van der Waals surface area contributed by atoms with Gasteiger partial charge < -0.3 is 15.5 Å². The quantitative estimate of drug-likeness (QED) is 0.804. The molecule has 0 saturated carbocycles. The van der Waals surface area contributed by atoms with Crippen LogP contribution in [0.25, 0.3) is 0 Å². The van der Waals surface area contributed by atoms with Crippen molar-refractivity contribution in [2.24, 2.45) is 11.7 Å². The Kier molecular flexibility index (Phi) is 6.28. The summed E-state index contributed by atoms with van der Waals surface area (Å²) >= 11 is 0. The third kappa shape index (κ3) is 5.19. The first-order valence-electron chi connectivity index (χ1n) is 7.25. The lowest BCUT2D eigenvalue weighted by molar-refractivity contribution is -0.140. The van der Waals surface area contributed by atoms with E-state index in [0.29, 0.717) is 44.9 Å². The number of carbonyl (C=O) groups excluding carboxylic acids is 2. The van der Waals surface area contributed by atoms with Crippen molar-refractivity contribution in [1.82, 2.24) is 9.80 Å². The van der Waals surface area contributed by atoms with Gasteiger partial charge in [-0.2, -0.15) is 0 Å². The lowest BCUT2D eigenvalue weighted by Crippen LogP contribution is -2.51. The third-order valence-corrected chi connectivity index (χ3v) is 3.53. The monoisotopic (exact) mass is 269 g/mol. The van der Waals surface area contributed by atoms with Crippen LogP contribution in [0.3, 0.4) is 0 Å². The Morgan fingerprint density at radius 2 is 1.42 bits per heavy atom. The number of amides is 2. The lowest BCUT2D eigenvalue weighted by Gasteiger charge is -2.35. The minimum Gasteiger partial charge on any atom is -0.339 e. The van der Waals surface area contributed by atoms with E-state index in [2.05, 4.69) is 0 Å². The van der Waals surface area contributed by atoms with Gasteiger partial charge in [0, 0.05) is 45.1 Å². The highest BCUT2D eigenvalue weighted by Gasteiger charge is 2.24. The Balaban J connectivity index is 2.36. The molecule has 5 heteroatoms. The van der Waals surface area contributed by atoms with Gasteiger partial charge in [0.05, 0.1) is 0 Å². The van der Waals surface area contributed by atoms with E-state index < -0.39 is 0 Å². The summed E-state index contributed by atoms with van der Waals surface area (Å²) in [6.45, 7) is 8.66. The van der Waals surface area contributed by atoms with Crippen molar-refractivity contribution < 1.29 is 9.59 Å². The summed E-state index contributed by atoms with van der Waals surface area (Å²) in [4.78, 5) is 27.6. The van der Waals surface area contributed by atoms with Gasteiger partial charge in [0.15, 0.2) is 0 Å². The van der Waals surface area contributed by atoms with Crippen LogP contribution in [0.1, 0.15) is 40.0 Å². The van der Waals surface area contributed by atoms with Crippen molar-refractivity contribution in [3.8, 4) is 0 Å². The van der Waals surface area contributed by atoms with Gasteiger partial charge in [-0.3, -0.25) is 9.59 Å². The van der Waals surface area contributed by atoms with Crippen LogP contribution >= 0.6 is 0 Å². The van der Waals surface area contributed by atoms with Crippen molar-refractivity contribution in [1.29, 1.82) is 0 Å². The van der Waals surface area contributed by atoms with Gasteiger partial charge in [0.2, 0.25) is 11.8 Å². The summed E-state index contributed by atoms with van der Waals surface area (Å²) in [7, 11) is 0. The lowest BCUT2D eigenvalue weighted by atomic mass is 10.1. The molecule has 1 atom stereocenters. The zero-order chi connectivity index (χ0) is 14.4. The molecule has 1 rings (SSSR count). The SMILES string of the molecule is CCC(N)CC(=O)N1CCN(C(=O)CC(C)C)CC1.